The number of ether oxygens (including phenoxy) is 1. The van der Waals surface area contributed by atoms with Gasteiger partial charge >= 0.3 is 0 Å². The largest absolute Gasteiger partial charge is 0.494 e. The molecule has 2 aromatic heterocycles. The minimum absolute atomic E-state index is 0.139. The average Bonchev–Trinajstić information content (AvgIpc) is 3.19. The lowest BCUT2D eigenvalue weighted by Crippen LogP contribution is -2.54. The first-order valence-electron chi connectivity index (χ1n) is 8.60. The second-order valence-electron chi connectivity index (χ2n) is 6.30. The van der Waals surface area contributed by atoms with Crippen molar-refractivity contribution in [3.05, 3.63) is 35.7 Å². The number of aryl methyl sites for hydroxylation is 1. The van der Waals surface area contributed by atoms with Crippen molar-refractivity contribution in [2.45, 2.75) is 13.8 Å². The van der Waals surface area contributed by atoms with E-state index in [1.807, 2.05) is 25.1 Å². The predicted molar refractivity (Wildman–Crippen MR) is 100 cm³/mol. The lowest BCUT2D eigenvalue weighted by molar-refractivity contribution is -0.123. The van der Waals surface area contributed by atoms with Gasteiger partial charge in [0.05, 0.1) is 22.7 Å². The molecule has 1 N–H and O–H groups in total. The fourth-order valence-electron chi connectivity index (χ4n) is 2.86. The molecule has 4 rings (SSSR count). The van der Waals surface area contributed by atoms with Gasteiger partial charge in [-0.2, -0.15) is 0 Å². The number of nitrogens with one attached hydrogen (secondary N) is 1. The van der Waals surface area contributed by atoms with Crippen LogP contribution in [0.5, 0.6) is 5.75 Å². The molecule has 3 heterocycles. The smallest absolute Gasteiger partial charge is 0.276 e. The molecule has 9 heteroatoms. The molecule has 1 aromatic carbocycles. The molecule has 27 heavy (non-hydrogen) atoms. The van der Waals surface area contributed by atoms with Crippen molar-refractivity contribution in [3.8, 4) is 5.75 Å². The Bertz CT molecular complexity index is 1010. The number of likely N-dealkylation sites (tertiary alicyclic amines) is 1. The number of hydrogen-bond donors (Lipinski definition) is 1. The maximum atomic E-state index is 12.4. The Labute approximate surface area is 159 Å². The summed E-state index contributed by atoms with van der Waals surface area (Å²) < 4.78 is 11.3. The SMILES string of the molecule is CCOc1ccc2nc(NC(=O)C3CN(C(=O)c4cc(C)on4)C3)sc2c1. The van der Waals surface area contributed by atoms with Crippen LogP contribution in [0.1, 0.15) is 23.2 Å². The number of carbonyl (C=O) groups is 2. The minimum Gasteiger partial charge on any atom is -0.494 e. The molecule has 0 unspecified atom stereocenters. The topological polar surface area (TPSA) is 97.6 Å². The molecule has 0 spiro atoms. The third kappa shape index (κ3) is 3.50. The van der Waals surface area contributed by atoms with Crippen molar-refractivity contribution in [2.24, 2.45) is 5.92 Å². The minimum atomic E-state index is -0.257. The molecular formula is C18H18N4O4S. The normalized spacial score (nSPS) is 14.2. The van der Waals surface area contributed by atoms with E-state index in [2.05, 4.69) is 15.5 Å². The highest BCUT2D eigenvalue weighted by molar-refractivity contribution is 7.22. The highest BCUT2D eigenvalue weighted by Crippen LogP contribution is 2.30. The monoisotopic (exact) mass is 386 g/mol. The predicted octanol–water partition coefficient (Wildman–Crippen LogP) is 2.70. The molecule has 0 radical (unpaired) electrons. The second-order valence-corrected chi connectivity index (χ2v) is 7.33. The number of rotatable bonds is 5. The van der Waals surface area contributed by atoms with E-state index in [0.717, 1.165) is 16.0 Å². The van der Waals surface area contributed by atoms with E-state index in [1.165, 1.54) is 11.3 Å². The Morgan fingerprint density at radius 2 is 2.19 bits per heavy atom. The number of anilines is 1. The Morgan fingerprint density at radius 1 is 1.37 bits per heavy atom. The van der Waals surface area contributed by atoms with E-state index in [9.17, 15) is 9.59 Å². The summed E-state index contributed by atoms with van der Waals surface area (Å²) in [5.74, 6) is 0.742. The lowest BCUT2D eigenvalue weighted by Gasteiger charge is -2.37. The van der Waals surface area contributed by atoms with Crippen molar-refractivity contribution < 1.29 is 18.8 Å². The van der Waals surface area contributed by atoms with E-state index in [0.29, 0.717) is 30.6 Å². The van der Waals surface area contributed by atoms with Crippen LogP contribution in [0.3, 0.4) is 0 Å². The molecule has 1 fully saturated rings. The van der Waals surface area contributed by atoms with Crippen molar-refractivity contribution >= 4 is 38.5 Å². The lowest BCUT2D eigenvalue weighted by atomic mass is 9.99. The standard InChI is InChI=1S/C18H18N4O4S/c1-3-25-12-4-5-13-15(7-12)27-18(19-13)20-16(23)11-8-22(9-11)17(24)14-6-10(2)26-21-14/h4-7,11H,3,8-9H2,1-2H3,(H,19,20,23). The van der Waals surface area contributed by atoms with Gasteiger partial charge in [0, 0.05) is 19.2 Å². The van der Waals surface area contributed by atoms with Gasteiger partial charge in [0.2, 0.25) is 5.91 Å². The summed E-state index contributed by atoms with van der Waals surface area (Å²) in [6.45, 7) is 4.97. The van der Waals surface area contributed by atoms with Gasteiger partial charge in [0.15, 0.2) is 10.8 Å². The van der Waals surface area contributed by atoms with Crippen LogP contribution in [0.25, 0.3) is 10.2 Å². The Balaban J connectivity index is 1.36. The van der Waals surface area contributed by atoms with Crippen molar-refractivity contribution in [3.63, 3.8) is 0 Å². The van der Waals surface area contributed by atoms with Gasteiger partial charge in [0.1, 0.15) is 11.5 Å². The summed E-state index contributed by atoms with van der Waals surface area (Å²) in [4.78, 5) is 30.6. The quantitative estimate of drug-likeness (QED) is 0.724. The number of hydrogen-bond acceptors (Lipinski definition) is 7. The first kappa shape index (κ1) is 17.5. The molecule has 0 aliphatic carbocycles. The van der Waals surface area contributed by atoms with E-state index in [1.54, 1.807) is 17.9 Å². The first-order valence-corrected chi connectivity index (χ1v) is 9.42. The molecule has 0 bridgehead atoms. The molecule has 0 saturated carbocycles. The maximum absolute atomic E-state index is 12.4. The third-order valence-corrected chi connectivity index (χ3v) is 5.22. The fourth-order valence-corrected chi connectivity index (χ4v) is 3.76. The van der Waals surface area contributed by atoms with Gasteiger partial charge in [-0.1, -0.05) is 16.5 Å². The van der Waals surface area contributed by atoms with E-state index in [4.69, 9.17) is 9.26 Å². The molecule has 1 saturated heterocycles. The summed E-state index contributed by atoms with van der Waals surface area (Å²) in [7, 11) is 0. The fraction of sp³-hybridized carbons (Fsp3) is 0.333. The molecular weight excluding hydrogens is 368 g/mol. The molecule has 1 aliphatic rings. The zero-order valence-corrected chi connectivity index (χ0v) is 15.7. The zero-order valence-electron chi connectivity index (χ0n) is 14.9. The molecule has 3 aromatic rings. The Kier molecular flexibility index (Phi) is 4.53. The number of thiazole rings is 1. The molecule has 2 amide bonds. The van der Waals surface area contributed by atoms with E-state index >= 15 is 0 Å². The number of aromatic nitrogens is 2. The zero-order chi connectivity index (χ0) is 19.0. The Morgan fingerprint density at radius 3 is 2.89 bits per heavy atom. The van der Waals surface area contributed by atoms with Gasteiger partial charge in [-0.05, 0) is 32.0 Å². The van der Waals surface area contributed by atoms with Gasteiger partial charge in [-0.25, -0.2) is 4.98 Å². The van der Waals surface area contributed by atoms with Crippen LogP contribution in [0.2, 0.25) is 0 Å². The first-order chi connectivity index (χ1) is 13.0. The molecule has 1 aliphatic heterocycles. The van der Waals surface area contributed by atoms with Crippen molar-refractivity contribution in [1.82, 2.24) is 15.0 Å². The Hall–Kier alpha value is -2.94. The number of carbonyl (C=O) groups excluding carboxylic acids is 2. The average molecular weight is 386 g/mol. The van der Waals surface area contributed by atoms with E-state index < -0.39 is 0 Å². The van der Waals surface area contributed by atoms with Crippen LogP contribution in [0.15, 0.2) is 28.8 Å². The van der Waals surface area contributed by atoms with Crippen LogP contribution in [-0.4, -0.2) is 46.6 Å². The van der Waals surface area contributed by atoms with Crippen LogP contribution < -0.4 is 10.1 Å². The maximum Gasteiger partial charge on any atom is 0.276 e. The summed E-state index contributed by atoms with van der Waals surface area (Å²) in [5.41, 5.74) is 1.08. The second kappa shape index (κ2) is 6.99. The molecule has 140 valence electrons. The van der Waals surface area contributed by atoms with E-state index in [-0.39, 0.29) is 23.4 Å². The van der Waals surface area contributed by atoms with Crippen LogP contribution in [-0.2, 0) is 4.79 Å². The molecule has 8 nitrogen and oxygen atoms in total. The highest BCUT2D eigenvalue weighted by atomic mass is 32.1. The summed E-state index contributed by atoms with van der Waals surface area (Å²) in [6.07, 6.45) is 0. The summed E-state index contributed by atoms with van der Waals surface area (Å²) in [5, 5.41) is 7.10. The number of fused-ring (bicyclic) bond motifs is 1. The highest BCUT2D eigenvalue weighted by Gasteiger charge is 2.37. The summed E-state index contributed by atoms with van der Waals surface area (Å²) in [6, 6.07) is 7.23. The van der Waals surface area contributed by atoms with Crippen LogP contribution in [0, 0.1) is 12.8 Å². The number of amides is 2. The van der Waals surface area contributed by atoms with Crippen molar-refractivity contribution in [1.29, 1.82) is 0 Å². The van der Waals surface area contributed by atoms with Crippen molar-refractivity contribution in [2.75, 3.05) is 25.0 Å². The van der Waals surface area contributed by atoms with Gasteiger partial charge < -0.3 is 19.5 Å². The van der Waals surface area contributed by atoms with Crippen LogP contribution in [0.4, 0.5) is 5.13 Å². The van der Waals surface area contributed by atoms with Crippen LogP contribution >= 0.6 is 11.3 Å². The molecule has 0 atom stereocenters. The van der Waals surface area contributed by atoms with Gasteiger partial charge in [0.25, 0.3) is 5.91 Å². The van der Waals surface area contributed by atoms with Gasteiger partial charge in [-0.15, -0.1) is 0 Å². The third-order valence-electron chi connectivity index (χ3n) is 4.29. The summed E-state index contributed by atoms with van der Waals surface area (Å²) >= 11 is 1.40. The number of nitrogens with zero attached hydrogens (tertiary/aromatic N) is 3. The van der Waals surface area contributed by atoms with Gasteiger partial charge in [-0.3, -0.25) is 9.59 Å². The number of benzene rings is 1.